The van der Waals surface area contributed by atoms with E-state index >= 15 is 0 Å². The van der Waals surface area contributed by atoms with Crippen molar-refractivity contribution in [3.05, 3.63) is 71.8 Å². The van der Waals surface area contributed by atoms with Gasteiger partial charge in [-0.3, -0.25) is 4.90 Å². The van der Waals surface area contributed by atoms with Gasteiger partial charge in [0.15, 0.2) is 0 Å². The van der Waals surface area contributed by atoms with E-state index in [0.717, 1.165) is 44.0 Å². The molecule has 5 heteroatoms. The number of urea groups is 1. The van der Waals surface area contributed by atoms with E-state index in [9.17, 15) is 4.79 Å². The van der Waals surface area contributed by atoms with Crippen LogP contribution in [0.4, 0.5) is 4.79 Å². The topological polar surface area (TPSA) is 53.6 Å². The molecule has 2 amide bonds. The monoisotopic (exact) mass is 353 g/mol. The maximum Gasteiger partial charge on any atom is 0.315 e. The Morgan fingerprint density at radius 2 is 1.54 bits per heavy atom. The van der Waals surface area contributed by atoms with Crippen molar-refractivity contribution in [1.29, 1.82) is 0 Å². The van der Waals surface area contributed by atoms with Gasteiger partial charge in [-0.05, 0) is 18.1 Å². The molecule has 2 atom stereocenters. The lowest BCUT2D eigenvalue weighted by molar-refractivity contribution is 0.0339. The van der Waals surface area contributed by atoms with Crippen molar-refractivity contribution in [2.45, 2.75) is 19.0 Å². The Morgan fingerprint density at radius 3 is 2.15 bits per heavy atom. The zero-order valence-corrected chi connectivity index (χ0v) is 15.2. The van der Waals surface area contributed by atoms with Crippen LogP contribution < -0.4 is 10.6 Å². The number of nitrogens with zero attached hydrogens (tertiary/aromatic N) is 1. The molecule has 138 valence electrons. The largest absolute Gasteiger partial charge is 0.379 e. The molecule has 1 saturated heterocycles. The maximum absolute atomic E-state index is 12.6. The normalized spacial score (nSPS) is 17.3. The van der Waals surface area contributed by atoms with Crippen molar-refractivity contribution in [1.82, 2.24) is 15.5 Å². The molecule has 0 bridgehead atoms. The van der Waals surface area contributed by atoms with Crippen LogP contribution in [-0.2, 0) is 4.74 Å². The SMILES string of the molecule is C[C@H](NC(=O)N[C@@H](CN1CCOCC1)c1ccccc1)c1ccccc1. The van der Waals surface area contributed by atoms with Gasteiger partial charge in [0.25, 0.3) is 0 Å². The Kier molecular flexibility index (Phi) is 6.63. The van der Waals surface area contributed by atoms with Crippen LogP contribution in [0.1, 0.15) is 30.1 Å². The number of hydrogen-bond acceptors (Lipinski definition) is 3. The van der Waals surface area contributed by atoms with E-state index in [1.54, 1.807) is 0 Å². The summed E-state index contributed by atoms with van der Waals surface area (Å²) in [7, 11) is 0. The highest BCUT2D eigenvalue weighted by Crippen LogP contribution is 2.16. The molecule has 0 saturated carbocycles. The third kappa shape index (κ3) is 5.31. The lowest BCUT2D eigenvalue weighted by atomic mass is 10.1. The standard InChI is InChI=1S/C21H27N3O2/c1-17(18-8-4-2-5-9-18)22-21(25)23-20(19-10-6-3-7-11-19)16-24-12-14-26-15-13-24/h2-11,17,20H,12-16H2,1H3,(H2,22,23,25)/t17-,20-/m0/s1. The van der Waals surface area contributed by atoms with Crippen LogP contribution in [0.15, 0.2) is 60.7 Å². The number of nitrogens with one attached hydrogen (secondary N) is 2. The van der Waals surface area contributed by atoms with Crippen molar-refractivity contribution < 1.29 is 9.53 Å². The molecule has 1 aliphatic heterocycles. The molecule has 0 unspecified atom stereocenters. The van der Waals surface area contributed by atoms with Crippen LogP contribution in [0.25, 0.3) is 0 Å². The number of hydrogen-bond donors (Lipinski definition) is 2. The van der Waals surface area contributed by atoms with Crippen LogP contribution in [0.5, 0.6) is 0 Å². The average molecular weight is 353 g/mol. The van der Waals surface area contributed by atoms with Crippen LogP contribution >= 0.6 is 0 Å². The zero-order valence-electron chi connectivity index (χ0n) is 15.2. The maximum atomic E-state index is 12.6. The fourth-order valence-electron chi connectivity index (χ4n) is 3.18. The van der Waals surface area contributed by atoms with Gasteiger partial charge in [0.1, 0.15) is 0 Å². The Balaban J connectivity index is 1.63. The number of carbonyl (C=O) groups excluding carboxylic acids is 1. The Hall–Kier alpha value is -2.37. The highest BCUT2D eigenvalue weighted by atomic mass is 16.5. The summed E-state index contributed by atoms with van der Waals surface area (Å²) in [6.07, 6.45) is 0. The third-order valence-corrected chi connectivity index (χ3v) is 4.70. The van der Waals surface area contributed by atoms with Crippen molar-refractivity contribution in [2.75, 3.05) is 32.8 Å². The van der Waals surface area contributed by atoms with Gasteiger partial charge in [-0.2, -0.15) is 0 Å². The lowest BCUT2D eigenvalue weighted by Gasteiger charge is -2.31. The molecule has 1 heterocycles. The predicted octanol–water partition coefficient (Wildman–Crippen LogP) is 3.12. The van der Waals surface area contributed by atoms with Gasteiger partial charge >= 0.3 is 6.03 Å². The summed E-state index contributed by atoms with van der Waals surface area (Å²) in [5.74, 6) is 0. The second kappa shape index (κ2) is 9.36. The molecule has 26 heavy (non-hydrogen) atoms. The molecule has 2 aromatic carbocycles. The number of amides is 2. The van der Waals surface area contributed by atoms with Gasteiger partial charge < -0.3 is 15.4 Å². The number of ether oxygens (including phenoxy) is 1. The molecular formula is C21H27N3O2. The van der Waals surface area contributed by atoms with Crippen molar-refractivity contribution >= 4 is 6.03 Å². The fraction of sp³-hybridized carbons (Fsp3) is 0.381. The first-order chi connectivity index (χ1) is 12.7. The summed E-state index contributed by atoms with van der Waals surface area (Å²) in [5, 5.41) is 6.19. The van der Waals surface area contributed by atoms with Gasteiger partial charge in [-0.1, -0.05) is 60.7 Å². The summed E-state index contributed by atoms with van der Waals surface area (Å²) in [6, 6.07) is 19.9. The highest BCUT2D eigenvalue weighted by Gasteiger charge is 2.20. The molecule has 0 aliphatic carbocycles. The summed E-state index contributed by atoms with van der Waals surface area (Å²) in [4.78, 5) is 14.9. The lowest BCUT2D eigenvalue weighted by Crippen LogP contribution is -2.46. The molecule has 0 spiro atoms. The van der Waals surface area contributed by atoms with Crippen LogP contribution in [0.2, 0.25) is 0 Å². The smallest absolute Gasteiger partial charge is 0.315 e. The zero-order chi connectivity index (χ0) is 18.2. The minimum Gasteiger partial charge on any atom is -0.379 e. The second-order valence-corrected chi connectivity index (χ2v) is 6.63. The average Bonchev–Trinajstić information content (AvgIpc) is 2.69. The van der Waals surface area contributed by atoms with Crippen molar-refractivity contribution in [2.24, 2.45) is 0 Å². The highest BCUT2D eigenvalue weighted by molar-refractivity contribution is 5.75. The Morgan fingerprint density at radius 1 is 0.962 bits per heavy atom. The second-order valence-electron chi connectivity index (χ2n) is 6.63. The Labute approximate surface area is 155 Å². The van der Waals surface area contributed by atoms with E-state index in [1.165, 1.54) is 0 Å². The van der Waals surface area contributed by atoms with Gasteiger partial charge in [-0.25, -0.2) is 4.79 Å². The molecule has 2 N–H and O–H groups in total. The van der Waals surface area contributed by atoms with Gasteiger partial charge in [0.2, 0.25) is 0 Å². The first-order valence-corrected chi connectivity index (χ1v) is 9.19. The van der Waals surface area contributed by atoms with E-state index in [4.69, 9.17) is 4.74 Å². The summed E-state index contributed by atoms with van der Waals surface area (Å²) >= 11 is 0. The van der Waals surface area contributed by atoms with E-state index in [1.807, 2.05) is 55.5 Å². The number of carbonyl (C=O) groups is 1. The molecule has 0 aromatic heterocycles. The van der Waals surface area contributed by atoms with E-state index in [-0.39, 0.29) is 18.1 Å². The van der Waals surface area contributed by atoms with Gasteiger partial charge in [0.05, 0.1) is 25.3 Å². The molecule has 3 rings (SSSR count). The van der Waals surface area contributed by atoms with E-state index in [0.29, 0.717) is 0 Å². The van der Waals surface area contributed by atoms with Crippen LogP contribution in [0, 0.1) is 0 Å². The minimum atomic E-state index is -0.150. The van der Waals surface area contributed by atoms with E-state index < -0.39 is 0 Å². The molecule has 1 aliphatic rings. The first kappa shape index (κ1) is 18.4. The minimum absolute atomic E-state index is 0.0454. The first-order valence-electron chi connectivity index (χ1n) is 9.19. The Bertz CT molecular complexity index is 672. The molecule has 5 nitrogen and oxygen atoms in total. The van der Waals surface area contributed by atoms with Crippen LogP contribution in [-0.4, -0.2) is 43.8 Å². The van der Waals surface area contributed by atoms with Crippen LogP contribution in [0.3, 0.4) is 0 Å². The number of rotatable bonds is 6. The number of morpholine rings is 1. The van der Waals surface area contributed by atoms with Crippen molar-refractivity contribution in [3.8, 4) is 0 Å². The molecule has 2 aromatic rings. The predicted molar refractivity (Wildman–Crippen MR) is 103 cm³/mol. The van der Waals surface area contributed by atoms with Crippen molar-refractivity contribution in [3.63, 3.8) is 0 Å². The van der Waals surface area contributed by atoms with Gasteiger partial charge in [0, 0.05) is 19.6 Å². The summed E-state index contributed by atoms with van der Waals surface area (Å²) in [5.41, 5.74) is 2.20. The molecular weight excluding hydrogens is 326 g/mol. The summed E-state index contributed by atoms with van der Waals surface area (Å²) < 4.78 is 5.43. The fourth-order valence-corrected chi connectivity index (χ4v) is 3.18. The number of benzene rings is 2. The summed E-state index contributed by atoms with van der Waals surface area (Å²) in [6.45, 7) is 6.06. The van der Waals surface area contributed by atoms with Gasteiger partial charge in [-0.15, -0.1) is 0 Å². The van der Waals surface area contributed by atoms with E-state index in [2.05, 4.69) is 27.7 Å². The molecule has 1 fully saturated rings. The molecule has 0 radical (unpaired) electrons. The third-order valence-electron chi connectivity index (χ3n) is 4.70. The quantitative estimate of drug-likeness (QED) is 0.839.